The highest BCUT2D eigenvalue weighted by atomic mass is 16.7. The lowest BCUT2D eigenvalue weighted by atomic mass is 9.99. The van der Waals surface area contributed by atoms with Crippen molar-refractivity contribution >= 4 is 12.0 Å². The van der Waals surface area contributed by atoms with E-state index in [2.05, 4.69) is 0 Å². The van der Waals surface area contributed by atoms with E-state index in [9.17, 15) is 25.2 Å². The van der Waals surface area contributed by atoms with Crippen LogP contribution in [-0.4, -0.2) is 89.1 Å². The molecule has 0 saturated carbocycles. The maximum Gasteiger partial charge on any atom is 0.331 e. The van der Waals surface area contributed by atoms with Gasteiger partial charge in [0, 0.05) is 6.08 Å². The van der Waals surface area contributed by atoms with Gasteiger partial charge in [0.25, 0.3) is 0 Å². The van der Waals surface area contributed by atoms with Crippen molar-refractivity contribution in [2.24, 2.45) is 0 Å². The van der Waals surface area contributed by atoms with E-state index in [1.54, 1.807) is 6.07 Å². The fourth-order valence-electron chi connectivity index (χ4n) is 2.74. The SMILES string of the molecule is COc1cc(/C=C/C(=O)OC/C(C#N)=C/CO[C@@H]2O[C@H](CO)[C@@H](O)[C@H](O)[C@H]2O)ccc1O. The maximum absolute atomic E-state index is 11.9. The number of ether oxygens (including phenoxy) is 4. The molecule has 2 rings (SSSR count). The first kappa shape index (κ1) is 25.3. The molecule has 1 saturated heterocycles. The minimum Gasteiger partial charge on any atom is -0.504 e. The van der Waals surface area contributed by atoms with E-state index >= 15 is 0 Å². The van der Waals surface area contributed by atoms with Gasteiger partial charge in [-0.3, -0.25) is 0 Å². The standard InChI is InChI=1S/C21H25NO10/c1-29-15-8-12(2-4-14(15)24)3-5-17(25)31-11-13(9-22)6-7-30-21-20(28)19(27)18(26)16(10-23)32-21/h2-6,8,16,18-21,23-24,26-28H,7,10-11H2,1H3/b5-3+,13-6+/t16-,18-,19+,20-,21-/m1/s1. The third-order valence-corrected chi connectivity index (χ3v) is 4.57. The Hall–Kier alpha value is -2.98. The molecule has 0 bridgehead atoms. The Morgan fingerprint density at radius 1 is 1.25 bits per heavy atom. The Morgan fingerprint density at radius 2 is 2.00 bits per heavy atom. The molecule has 0 amide bonds. The van der Waals surface area contributed by atoms with Crippen molar-refractivity contribution in [3.8, 4) is 17.6 Å². The van der Waals surface area contributed by atoms with Gasteiger partial charge in [0.1, 0.15) is 31.0 Å². The zero-order valence-electron chi connectivity index (χ0n) is 17.2. The van der Waals surface area contributed by atoms with Crippen LogP contribution < -0.4 is 4.74 Å². The molecule has 0 spiro atoms. The molecule has 1 aromatic carbocycles. The molecule has 5 atom stereocenters. The van der Waals surface area contributed by atoms with E-state index in [1.807, 2.05) is 6.07 Å². The lowest BCUT2D eigenvalue weighted by Crippen LogP contribution is -2.59. The number of hydrogen-bond donors (Lipinski definition) is 5. The number of benzene rings is 1. The van der Waals surface area contributed by atoms with Crippen LogP contribution in [0.2, 0.25) is 0 Å². The van der Waals surface area contributed by atoms with Gasteiger partial charge in [-0.2, -0.15) is 5.26 Å². The molecule has 174 valence electrons. The molecule has 1 aromatic rings. The van der Waals surface area contributed by atoms with Crippen molar-refractivity contribution in [2.45, 2.75) is 30.7 Å². The summed E-state index contributed by atoms with van der Waals surface area (Å²) in [6.45, 7) is -1.16. The summed E-state index contributed by atoms with van der Waals surface area (Å²) in [5.74, 6) is -0.510. The molecule has 1 fully saturated rings. The zero-order chi connectivity index (χ0) is 23.7. The Kier molecular flexibility index (Phi) is 9.61. The first-order valence-corrected chi connectivity index (χ1v) is 9.53. The fourth-order valence-corrected chi connectivity index (χ4v) is 2.74. The first-order valence-electron chi connectivity index (χ1n) is 9.53. The third kappa shape index (κ3) is 6.76. The lowest BCUT2D eigenvalue weighted by molar-refractivity contribution is -0.298. The number of aliphatic hydroxyl groups excluding tert-OH is 4. The number of carbonyl (C=O) groups is 1. The predicted molar refractivity (Wildman–Crippen MR) is 108 cm³/mol. The van der Waals surface area contributed by atoms with Gasteiger partial charge in [-0.05, 0) is 29.8 Å². The van der Waals surface area contributed by atoms with E-state index in [0.29, 0.717) is 5.56 Å². The summed E-state index contributed by atoms with van der Waals surface area (Å²) >= 11 is 0. The summed E-state index contributed by atoms with van der Waals surface area (Å²) in [6, 6.07) is 6.34. The fraction of sp³-hybridized carbons (Fsp3) is 0.429. The Morgan fingerprint density at radius 3 is 2.66 bits per heavy atom. The number of rotatable bonds is 9. The second-order valence-corrected chi connectivity index (χ2v) is 6.74. The van der Waals surface area contributed by atoms with E-state index in [4.69, 9.17) is 29.3 Å². The lowest BCUT2D eigenvalue weighted by Gasteiger charge is -2.39. The van der Waals surface area contributed by atoms with Crippen molar-refractivity contribution in [1.29, 1.82) is 5.26 Å². The molecule has 1 heterocycles. The van der Waals surface area contributed by atoms with Gasteiger partial charge in [-0.15, -0.1) is 0 Å². The number of methoxy groups -OCH3 is 1. The van der Waals surface area contributed by atoms with Crippen LogP contribution in [0.1, 0.15) is 5.56 Å². The molecule has 0 radical (unpaired) electrons. The van der Waals surface area contributed by atoms with Crippen LogP contribution in [0.15, 0.2) is 35.9 Å². The van der Waals surface area contributed by atoms with Gasteiger partial charge in [0.2, 0.25) is 0 Å². The quantitative estimate of drug-likeness (QED) is 0.181. The molecule has 11 heteroatoms. The first-order chi connectivity index (χ1) is 15.3. The number of hydrogen-bond acceptors (Lipinski definition) is 11. The van der Waals surface area contributed by atoms with Crippen LogP contribution in [-0.2, 0) is 19.0 Å². The molecule has 0 aromatic heterocycles. The predicted octanol–water partition coefficient (Wildman–Crippen LogP) is -0.776. The van der Waals surface area contributed by atoms with Crippen molar-refractivity contribution in [2.75, 3.05) is 26.9 Å². The number of nitrogens with zero attached hydrogens (tertiary/aromatic N) is 1. The third-order valence-electron chi connectivity index (χ3n) is 4.57. The number of aromatic hydroxyl groups is 1. The van der Waals surface area contributed by atoms with Gasteiger partial charge < -0.3 is 44.5 Å². The van der Waals surface area contributed by atoms with Crippen molar-refractivity contribution in [3.63, 3.8) is 0 Å². The summed E-state index contributed by atoms with van der Waals surface area (Å²) < 4.78 is 20.4. The summed E-state index contributed by atoms with van der Waals surface area (Å²) in [4.78, 5) is 11.9. The van der Waals surface area contributed by atoms with Crippen LogP contribution in [0, 0.1) is 11.3 Å². The maximum atomic E-state index is 11.9. The summed E-state index contributed by atoms with van der Waals surface area (Å²) in [7, 11) is 1.40. The minimum absolute atomic E-state index is 0.0399. The zero-order valence-corrected chi connectivity index (χ0v) is 17.2. The largest absolute Gasteiger partial charge is 0.504 e. The van der Waals surface area contributed by atoms with Crippen LogP contribution in [0.25, 0.3) is 6.08 Å². The molecular formula is C21H25NO10. The molecule has 0 unspecified atom stereocenters. The minimum atomic E-state index is -1.58. The number of nitriles is 1. The average molecular weight is 451 g/mol. The number of carbonyl (C=O) groups excluding carboxylic acids is 1. The molecule has 1 aliphatic rings. The van der Waals surface area contributed by atoms with E-state index in [0.717, 1.165) is 6.08 Å². The van der Waals surface area contributed by atoms with Crippen LogP contribution in [0.4, 0.5) is 0 Å². The molecule has 5 N–H and O–H groups in total. The number of phenols is 1. The Labute approximate surface area is 183 Å². The highest BCUT2D eigenvalue weighted by Crippen LogP contribution is 2.26. The second-order valence-electron chi connectivity index (χ2n) is 6.74. The van der Waals surface area contributed by atoms with Crippen LogP contribution in [0.5, 0.6) is 11.5 Å². The van der Waals surface area contributed by atoms with Gasteiger partial charge in [0.05, 0.1) is 32.0 Å². The van der Waals surface area contributed by atoms with Crippen LogP contribution >= 0.6 is 0 Å². The smallest absolute Gasteiger partial charge is 0.331 e. The van der Waals surface area contributed by atoms with E-state index in [-0.39, 0.29) is 30.3 Å². The molecular weight excluding hydrogens is 426 g/mol. The Bertz CT molecular complexity index is 876. The van der Waals surface area contributed by atoms with Gasteiger partial charge >= 0.3 is 5.97 Å². The molecule has 32 heavy (non-hydrogen) atoms. The van der Waals surface area contributed by atoms with Gasteiger partial charge in [-0.1, -0.05) is 6.07 Å². The number of esters is 1. The summed E-state index contributed by atoms with van der Waals surface area (Å²) in [6.07, 6.45) is -3.21. The molecule has 11 nitrogen and oxygen atoms in total. The second kappa shape index (κ2) is 12.2. The highest BCUT2D eigenvalue weighted by Gasteiger charge is 2.43. The van der Waals surface area contributed by atoms with Gasteiger partial charge in [0.15, 0.2) is 17.8 Å². The van der Waals surface area contributed by atoms with Crippen molar-refractivity contribution in [1.82, 2.24) is 0 Å². The van der Waals surface area contributed by atoms with Gasteiger partial charge in [-0.25, -0.2) is 4.79 Å². The van der Waals surface area contributed by atoms with Crippen molar-refractivity contribution in [3.05, 3.63) is 41.5 Å². The van der Waals surface area contributed by atoms with Crippen molar-refractivity contribution < 1.29 is 49.3 Å². The normalized spacial score (nSPS) is 26.0. The highest BCUT2D eigenvalue weighted by molar-refractivity contribution is 5.87. The monoisotopic (exact) mass is 451 g/mol. The Balaban J connectivity index is 1.85. The van der Waals surface area contributed by atoms with E-state index < -0.39 is 43.3 Å². The number of aliphatic hydroxyl groups is 4. The molecule has 0 aliphatic carbocycles. The topological polar surface area (TPSA) is 179 Å². The average Bonchev–Trinajstić information content (AvgIpc) is 2.80. The summed E-state index contributed by atoms with van der Waals surface area (Å²) in [5.41, 5.74) is 0.642. The number of phenolic OH excluding ortho intramolecular Hbond substituents is 1. The van der Waals surface area contributed by atoms with E-state index in [1.165, 1.54) is 31.4 Å². The van der Waals surface area contributed by atoms with Crippen LogP contribution in [0.3, 0.4) is 0 Å². The molecule has 1 aliphatic heterocycles. The summed E-state index contributed by atoms with van der Waals surface area (Å²) in [5, 5.41) is 57.2.